The molecule has 0 saturated carbocycles. The minimum atomic E-state index is 0.150. The van der Waals surface area contributed by atoms with Crippen molar-refractivity contribution in [3.05, 3.63) is 17.5 Å². The Morgan fingerprint density at radius 3 is 2.37 bits per heavy atom. The van der Waals surface area contributed by atoms with E-state index in [0.29, 0.717) is 0 Å². The number of aromatic nitrogens is 2. The molecule has 1 heterocycles. The summed E-state index contributed by atoms with van der Waals surface area (Å²) >= 11 is 0. The molecular weight excluding hydrogens is 234 g/mol. The van der Waals surface area contributed by atoms with Crippen LogP contribution in [-0.4, -0.2) is 9.78 Å². The molecule has 1 atom stereocenters. The normalized spacial score (nSPS) is 12.8. The fraction of sp³-hybridized carbons (Fsp3) is 0.812. The maximum atomic E-state index is 6.29. The number of rotatable bonds is 10. The zero-order valence-electron chi connectivity index (χ0n) is 13.0. The van der Waals surface area contributed by atoms with Gasteiger partial charge < -0.3 is 5.73 Å². The Labute approximate surface area is 118 Å². The summed E-state index contributed by atoms with van der Waals surface area (Å²) in [6.45, 7) is 7.33. The van der Waals surface area contributed by atoms with Crippen LogP contribution in [0, 0.1) is 6.92 Å². The van der Waals surface area contributed by atoms with E-state index in [2.05, 4.69) is 25.0 Å². The quantitative estimate of drug-likeness (QED) is 0.639. The lowest BCUT2D eigenvalue weighted by molar-refractivity contribution is 0.506. The van der Waals surface area contributed by atoms with Gasteiger partial charge in [-0.1, -0.05) is 51.9 Å². The number of nitrogens with zero attached hydrogens (tertiary/aromatic N) is 2. The third kappa shape index (κ3) is 5.77. The predicted octanol–water partition coefficient (Wildman–Crippen LogP) is 4.35. The van der Waals surface area contributed by atoms with Crippen LogP contribution in [-0.2, 0) is 6.54 Å². The summed E-state index contributed by atoms with van der Waals surface area (Å²) in [5.74, 6) is 0. The van der Waals surface area contributed by atoms with Crippen molar-refractivity contribution in [3.8, 4) is 0 Å². The van der Waals surface area contributed by atoms with E-state index in [1.54, 1.807) is 0 Å². The van der Waals surface area contributed by atoms with Crippen molar-refractivity contribution in [1.82, 2.24) is 9.78 Å². The molecule has 0 saturated heterocycles. The van der Waals surface area contributed by atoms with Crippen LogP contribution in [0.2, 0.25) is 0 Å². The molecule has 0 spiro atoms. The molecule has 19 heavy (non-hydrogen) atoms. The molecule has 1 rings (SSSR count). The number of aryl methyl sites for hydroxylation is 2. The van der Waals surface area contributed by atoms with Gasteiger partial charge in [-0.15, -0.1) is 0 Å². The van der Waals surface area contributed by atoms with Crippen LogP contribution >= 0.6 is 0 Å². The van der Waals surface area contributed by atoms with Crippen LogP contribution in [0.1, 0.15) is 82.6 Å². The van der Waals surface area contributed by atoms with Crippen LogP contribution < -0.4 is 5.73 Å². The van der Waals surface area contributed by atoms with Gasteiger partial charge in [-0.05, 0) is 26.3 Å². The maximum absolute atomic E-state index is 6.29. The van der Waals surface area contributed by atoms with Crippen LogP contribution in [0.25, 0.3) is 0 Å². The van der Waals surface area contributed by atoms with Gasteiger partial charge in [0.2, 0.25) is 0 Å². The van der Waals surface area contributed by atoms with E-state index < -0.39 is 0 Å². The lowest BCUT2D eigenvalue weighted by Crippen LogP contribution is -2.15. The van der Waals surface area contributed by atoms with Crippen molar-refractivity contribution >= 4 is 0 Å². The molecule has 0 aliphatic heterocycles. The van der Waals surface area contributed by atoms with Gasteiger partial charge >= 0.3 is 0 Å². The first kappa shape index (κ1) is 16.2. The zero-order valence-corrected chi connectivity index (χ0v) is 13.0. The van der Waals surface area contributed by atoms with Gasteiger partial charge in [0.1, 0.15) is 0 Å². The van der Waals surface area contributed by atoms with Gasteiger partial charge in [0, 0.05) is 12.6 Å². The predicted molar refractivity (Wildman–Crippen MR) is 82.2 cm³/mol. The minimum Gasteiger partial charge on any atom is -0.323 e. The standard InChI is InChI=1S/C16H31N3/c1-4-6-7-8-9-10-11-12-15(17)16-13-14(3)18-19(16)5-2/h13,15H,4-12,17H2,1-3H3. The Morgan fingerprint density at radius 2 is 1.74 bits per heavy atom. The van der Waals surface area contributed by atoms with Gasteiger partial charge in [0.05, 0.1) is 11.4 Å². The maximum Gasteiger partial charge on any atom is 0.0597 e. The Bertz CT molecular complexity index is 344. The highest BCUT2D eigenvalue weighted by molar-refractivity contribution is 5.12. The fourth-order valence-corrected chi connectivity index (χ4v) is 2.59. The van der Waals surface area contributed by atoms with Gasteiger partial charge in [-0.25, -0.2) is 0 Å². The first-order valence-electron chi connectivity index (χ1n) is 7.99. The van der Waals surface area contributed by atoms with Crippen molar-refractivity contribution in [2.75, 3.05) is 0 Å². The van der Waals surface area contributed by atoms with Crippen LogP contribution in [0.5, 0.6) is 0 Å². The molecule has 0 aliphatic rings. The zero-order chi connectivity index (χ0) is 14.1. The van der Waals surface area contributed by atoms with E-state index in [1.807, 2.05) is 11.6 Å². The Kier molecular flexibility index (Phi) is 7.80. The molecule has 110 valence electrons. The topological polar surface area (TPSA) is 43.8 Å². The number of hydrogen-bond acceptors (Lipinski definition) is 2. The second-order valence-electron chi connectivity index (χ2n) is 5.54. The van der Waals surface area contributed by atoms with E-state index in [4.69, 9.17) is 5.73 Å². The summed E-state index contributed by atoms with van der Waals surface area (Å²) in [7, 11) is 0. The van der Waals surface area contributed by atoms with Crippen LogP contribution in [0.4, 0.5) is 0 Å². The highest BCUT2D eigenvalue weighted by Crippen LogP contribution is 2.19. The molecule has 1 aromatic rings. The molecule has 0 aliphatic carbocycles. The minimum absolute atomic E-state index is 0.150. The average molecular weight is 265 g/mol. The molecule has 0 radical (unpaired) electrons. The second kappa shape index (κ2) is 9.13. The highest BCUT2D eigenvalue weighted by Gasteiger charge is 2.12. The third-order valence-corrected chi connectivity index (χ3v) is 3.73. The number of hydrogen-bond donors (Lipinski definition) is 1. The monoisotopic (exact) mass is 265 g/mol. The molecule has 2 N–H and O–H groups in total. The molecule has 3 nitrogen and oxygen atoms in total. The van der Waals surface area contributed by atoms with Gasteiger partial charge in [0.25, 0.3) is 0 Å². The average Bonchev–Trinajstić information content (AvgIpc) is 2.79. The van der Waals surface area contributed by atoms with E-state index in [0.717, 1.165) is 18.7 Å². The van der Waals surface area contributed by atoms with Crippen LogP contribution in [0.15, 0.2) is 6.07 Å². The summed E-state index contributed by atoms with van der Waals surface area (Å²) in [5, 5.41) is 4.47. The summed E-state index contributed by atoms with van der Waals surface area (Å²) in [6, 6.07) is 2.28. The van der Waals surface area contributed by atoms with Crippen molar-refractivity contribution in [3.63, 3.8) is 0 Å². The highest BCUT2D eigenvalue weighted by atomic mass is 15.3. The van der Waals surface area contributed by atoms with Gasteiger partial charge in [0.15, 0.2) is 0 Å². The first-order chi connectivity index (χ1) is 9.19. The van der Waals surface area contributed by atoms with E-state index >= 15 is 0 Å². The lowest BCUT2D eigenvalue weighted by atomic mass is 10.0. The smallest absolute Gasteiger partial charge is 0.0597 e. The Balaban J connectivity index is 2.21. The molecule has 0 aromatic carbocycles. The van der Waals surface area contributed by atoms with Gasteiger partial charge in [-0.3, -0.25) is 4.68 Å². The number of nitrogens with two attached hydrogens (primary N) is 1. The largest absolute Gasteiger partial charge is 0.323 e. The molecular formula is C16H31N3. The summed E-state index contributed by atoms with van der Waals surface area (Å²) < 4.78 is 2.04. The van der Waals surface area contributed by atoms with Crippen molar-refractivity contribution in [2.45, 2.75) is 84.7 Å². The molecule has 1 unspecified atom stereocenters. The van der Waals surface area contributed by atoms with Crippen molar-refractivity contribution < 1.29 is 0 Å². The van der Waals surface area contributed by atoms with E-state index in [9.17, 15) is 0 Å². The van der Waals surface area contributed by atoms with Crippen molar-refractivity contribution in [2.24, 2.45) is 5.73 Å². The summed E-state index contributed by atoms with van der Waals surface area (Å²) in [5.41, 5.74) is 8.56. The van der Waals surface area contributed by atoms with Gasteiger partial charge in [-0.2, -0.15) is 5.10 Å². The summed E-state index contributed by atoms with van der Waals surface area (Å²) in [4.78, 5) is 0. The third-order valence-electron chi connectivity index (χ3n) is 3.73. The molecule has 0 bridgehead atoms. The van der Waals surface area contributed by atoms with E-state index in [1.165, 1.54) is 50.6 Å². The molecule has 3 heteroatoms. The second-order valence-corrected chi connectivity index (χ2v) is 5.54. The Morgan fingerprint density at radius 1 is 1.11 bits per heavy atom. The van der Waals surface area contributed by atoms with Crippen molar-refractivity contribution in [1.29, 1.82) is 0 Å². The van der Waals surface area contributed by atoms with Crippen LogP contribution in [0.3, 0.4) is 0 Å². The fourth-order valence-electron chi connectivity index (χ4n) is 2.59. The summed E-state index contributed by atoms with van der Waals surface area (Å²) in [6.07, 6.45) is 10.5. The molecule has 0 amide bonds. The molecule has 1 aromatic heterocycles. The SMILES string of the molecule is CCCCCCCCCC(N)c1cc(C)nn1CC. The van der Waals surface area contributed by atoms with E-state index in [-0.39, 0.29) is 6.04 Å². The lowest BCUT2D eigenvalue weighted by Gasteiger charge is -2.13. The first-order valence-corrected chi connectivity index (χ1v) is 7.99. The molecule has 0 fully saturated rings. The number of unbranched alkanes of at least 4 members (excludes halogenated alkanes) is 6. The Hall–Kier alpha value is -0.830.